The van der Waals surface area contributed by atoms with Gasteiger partial charge in [0.1, 0.15) is 17.6 Å². The second kappa shape index (κ2) is 6.09. The lowest BCUT2D eigenvalue weighted by Gasteiger charge is -2.22. The summed E-state index contributed by atoms with van der Waals surface area (Å²) in [6.07, 6.45) is 4.89. The molecule has 0 aliphatic heterocycles. The molecule has 0 spiro atoms. The van der Waals surface area contributed by atoms with Crippen molar-refractivity contribution in [3.05, 3.63) is 24.3 Å². The van der Waals surface area contributed by atoms with Gasteiger partial charge in [-0.15, -0.1) is 0 Å². The van der Waals surface area contributed by atoms with Gasteiger partial charge in [0.15, 0.2) is 0 Å². The van der Waals surface area contributed by atoms with Gasteiger partial charge in [0, 0.05) is 17.8 Å². The van der Waals surface area contributed by atoms with Crippen molar-refractivity contribution in [2.45, 2.75) is 38.8 Å². The van der Waals surface area contributed by atoms with Crippen LogP contribution >= 0.6 is 0 Å². The van der Waals surface area contributed by atoms with Crippen LogP contribution in [0.4, 0.5) is 4.79 Å². The Labute approximate surface area is 122 Å². The van der Waals surface area contributed by atoms with Crippen LogP contribution in [0, 0.1) is 0 Å². The monoisotopic (exact) mass is 292 g/mol. The number of aliphatic hydroxyl groups is 1. The summed E-state index contributed by atoms with van der Waals surface area (Å²) in [6.45, 7) is 5.19. The highest BCUT2D eigenvalue weighted by Crippen LogP contribution is 2.16. The van der Waals surface area contributed by atoms with E-state index in [1.165, 1.54) is 6.33 Å². The molecule has 7 heteroatoms. The Morgan fingerprint density at radius 1 is 1.52 bits per heavy atom. The van der Waals surface area contributed by atoms with Gasteiger partial charge in [-0.2, -0.15) is 0 Å². The van der Waals surface area contributed by atoms with Crippen molar-refractivity contribution < 1.29 is 14.6 Å². The van der Waals surface area contributed by atoms with Crippen LogP contribution in [0.5, 0.6) is 0 Å². The average molecular weight is 292 g/mol. The summed E-state index contributed by atoms with van der Waals surface area (Å²) in [5.74, 6) is 0. The summed E-state index contributed by atoms with van der Waals surface area (Å²) in [7, 11) is 0. The van der Waals surface area contributed by atoms with Crippen molar-refractivity contribution in [1.82, 2.24) is 20.3 Å². The fourth-order valence-corrected chi connectivity index (χ4v) is 1.98. The molecule has 0 bridgehead atoms. The number of rotatable bonds is 4. The van der Waals surface area contributed by atoms with Crippen molar-refractivity contribution in [3.63, 3.8) is 0 Å². The van der Waals surface area contributed by atoms with Gasteiger partial charge in [-0.25, -0.2) is 14.8 Å². The lowest BCUT2D eigenvalue weighted by molar-refractivity contribution is 0.0483. The summed E-state index contributed by atoms with van der Waals surface area (Å²) in [4.78, 5) is 22.9. The first-order valence-electron chi connectivity index (χ1n) is 6.75. The van der Waals surface area contributed by atoms with Gasteiger partial charge < -0.3 is 20.1 Å². The fraction of sp³-hybridized carbons (Fsp3) is 0.500. The summed E-state index contributed by atoms with van der Waals surface area (Å²) in [6, 6.07) is -0.431. The SMILES string of the molecule is CC(C)(C)OC(=O)N[C@H](CO)Cc1c[nH]c2ncncc12. The first kappa shape index (κ1) is 15.2. The molecular formula is C14H20N4O3. The van der Waals surface area contributed by atoms with Gasteiger partial charge in [0.25, 0.3) is 0 Å². The molecule has 2 rings (SSSR count). The van der Waals surface area contributed by atoms with Crippen molar-refractivity contribution in [3.8, 4) is 0 Å². The molecule has 3 N–H and O–H groups in total. The molecule has 0 radical (unpaired) electrons. The van der Waals surface area contributed by atoms with Crippen LogP contribution in [0.2, 0.25) is 0 Å². The number of fused-ring (bicyclic) bond motifs is 1. The molecule has 0 saturated carbocycles. The Hall–Kier alpha value is -2.15. The van der Waals surface area contributed by atoms with E-state index in [4.69, 9.17) is 4.74 Å². The number of ether oxygens (including phenoxy) is 1. The van der Waals surface area contributed by atoms with Gasteiger partial charge in [-0.05, 0) is 32.8 Å². The van der Waals surface area contributed by atoms with Crippen LogP contribution in [0.3, 0.4) is 0 Å². The molecular weight excluding hydrogens is 272 g/mol. The third kappa shape index (κ3) is 4.16. The van der Waals surface area contributed by atoms with Crippen LogP contribution in [0.15, 0.2) is 18.7 Å². The summed E-state index contributed by atoms with van der Waals surface area (Å²) in [5, 5.41) is 13.0. The molecule has 1 amide bonds. The topological polar surface area (TPSA) is 100 Å². The largest absolute Gasteiger partial charge is 0.444 e. The minimum atomic E-state index is -0.571. The van der Waals surface area contributed by atoms with Crippen LogP contribution in [0.25, 0.3) is 11.0 Å². The average Bonchev–Trinajstić information content (AvgIpc) is 2.79. The molecule has 0 aromatic carbocycles. The number of carbonyl (C=O) groups is 1. The van der Waals surface area contributed by atoms with Gasteiger partial charge in [0.2, 0.25) is 0 Å². The van der Waals surface area contributed by atoms with Crippen molar-refractivity contribution in [2.24, 2.45) is 0 Å². The summed E-state index contributed by atoms with van der Waals surface area (Å²) in [5.41, 5.74) is 1.09. The maximum atomic E-state index is 11.7. The molecule has 114 valence electrons. The highest BCUT2D eigenvalue weighted by Gasteiger charge is 2.20. The molecule has 7 nitrogen and oxygen atoms in total. The number of hydrogen-bond acceptors (Lipinski definition) is 5. The van der Waals surface area contributed by atoms with E-state index in [1.807, 2.05) is 0 Å². The van der Waals surface area contributed by atoms with E-state index < -0.39 is 17.7 Å². The first-order valence-corrected chi connectivity index (χ1v) is 6.75. The number of hydrogen-bond donors (Lipinski definition) is 3. The van der Waals surface area contributed by atoms with Gasteiger partial charge in [-0.1, -0.05) is 0 Å². The van der Waals surface area contributed by atoms with E-state index in [2.05, 4.69) is 20.3 Å². The second-order valence-corrected chi connectivity index (χ2v) is 5.83. The van der Waals surface area contributed by atoms with Crippen molar-refractivity contribution in [1.29, 1.82) is 0 Å². The van der Waals surface area contributed by atoms with Crippen molar-refractivity contribution in [2.75, 3.05) is 6.61 Å². The minimum absolute atomic E-state index is 0.181. The van der Waals surface area contributed by atoms with Crippen LogP contribution in [0.1, 0.15) is 26.3 Å². The molecule has 0 aliphatic rings. The second-order valence-electron chi connectivity index (χ2n) is 5.83. The third-order valence-corrected chi connectivity index (χ3v) is 2.85. The number of amides is 1. The number of aromatic amines is 1. The van der Waals surface area contributed by atoms with E-state index in [-0.39, 0.29) is 6.61 Å². The smallest absolute Gasteiger partial charge is 0.407 e. The standard InChI is InChI=1S/C14H20N4O3/c1-14(2,3)21-13(20)18-10(7-19)4-9-5-16-12-11(9)6-15-8-17-12/h5-6,8,10,19H,4,7H2,1-3H3,(H,18,20)(H,15,16,17)/t10-/m0/s1. The Balaban J connectivity index is 2.04. The Kier molecular flexibility index (Phi) is 4.42. The number of nitrogens with zero attached hydrogens (tertiary/aromatic N) is 2. The maximum Gasteiger partial charge on any atom is 0.407 e. The van der Waals surface area contributed by atoms with E-state index in [9.17, 15) is 9.90 Å². The molecule has 1 atom stereocenters. The van der Waals surface area contributed by atoms with Gasteiger partial charge in [-0.3, -0.25) is 0 Å². The first-order chi connectivity index (χ1) is 9.89. The Morgan fingerprint density at radius 3 is 2.95 bits per heavy atom. The summed E-state index contributed by atoms with van der Waals surface area (Å²) < 4.78 is 5.18. The molecule has 0 saturated heterocycles. The molecule has 0 fully saturated rings. The number of alkyl carbamates (subject to hydrolysis) is 1. The molecule has 2 aromatic rings. The highest BCUT2D eigenvalue weighted by atomic mass is 16.6. The van der Waals surface area contributed by atoms with E-state index in [0.29, 0.717) is 6.42 Å². The molecule has 2 aromatic heterocycles. The zero-order valence-electron chi connectivity index (χ0n) is 12.4. The highest BCUT2D eigenvalue weighted by molar-refractivity contribution is 5.78. The summed E-state index contributed by atoms with van der Waals surface area (Å²) >= 11 is 0. The van der Waals surface area contributed by atoms with E-state index in [1.54, 1.807) is 33.2 Å². The Bertz CT molecular complexity index is 618. The minimum Gasteiger partial charge on any atom is -0.444 e. The fourth-order valence-electron chi connectivity index (χ4n) is 1.98. The van der Waals surface area contributed by atoms with Crippen molar-refractivity contribution >= 4 is 17.1 Å². The number of aliphatic hydroxyl groups excluding tert-OH is 1. The van der Waals surface area contributed by atoms with Crippen LogP contribution in [-0.4, -0.2) is 44.4 Å². The van der Waals surface area contributed by atoms with Gasteiger partial charge >= 0.3 is 6.09 Å². The van der Waals surface area contributed by atoms with Gasteiger partial charge in [0.05, 0.1) is 12.6 Å². The lowest BCUT2D eigenvalue weighted by Crippen LogP contribution is -2.42. The van der Waals surface area contributed by atoms with Crippen LogP contribution in [-0.2, 0) is 11.2 Å². The van der Waals surface area contributed by atoms with Crippen LogP contribution < -0.4 is 5.32 Å². The molecule has 2 heterocycles. The van der Waals surface area contributed by atoms with E-state index >= 15 is 0 Å². The van der Waals surface area contributed by atoms with E-state index in [0.717, 1.165) is 16.6 Å². The molecule has 21 heavy (non-hydrogen) atoms. The zero-order valence-corrected chi connectivity index (χ0v) is 12.4. The number of H-pyrrole nitrogens is 1. The number of carbonyl (C=O) groups excluding carboxylic acids is 1. The maximum absolute atomic E-state index is 11.7. The third-order valence-electron chi connectivity index (χ3n) is 2.85. The Morgan fingerprint density at radius 2 is 2.29 bits per heavy atom. The normalized spacial score (nSPS) is 13.1. The number of aromatic nitrogens is 3. The lowest BCUT2D eigenvalue weighted by atomic mass is 10.1. The molecule has 0 aliphatic carbocycles. The predicted octanol–water partition coefficient (Wildman–Crippen LogP) is 1.39. The zero-order chi connectivity index (χ0) is 15.5. The predicted molar refractivity (Wildman–Crippen MR) is 77.8 cm³/mol. The molecule has 0 unspecified atom stereocenters. The quantitative estimate of drug-likeness (QED) is 0.790. The number of nitrogens with one attached hydrogen (secondary N) is 2.